The maximum absolute atomic E-state index is 10.9. The van der Waals surface area contributed by atoms with Crippen LogP contribution in [0.1, 0.15) is 10.6 Å². The van der Waals surface area contributed by atoms with Crippen LogP contribution in [0, 0.1) is 6.92 Å². The first-order valence-electron chi connectivity index (χ1n) is 3.32. The molecule has 0 atom stereocenters. The van der Waals surface area contributed by atoms with E-state index in [9.17, 15) is 4.79 Å². The van der Waals surface area contributed by atoms with E-state index >= 15 is 0 Å². The van der Waals surface area contributed by atoms with Crippen LogP contribution >= 0.6 is 27.3 Å². The average molecular weight is 250 g/mol. The summed E-state index contributed by atoms with van der Waals surface area (Å²) in [6.07, 6.45) is 0.311. The second kappa shape index (κ2) is 4.00. The highest BCUT2D eigenvalue weighted by molar-refractivity contribution is 9.11. The van der Waals surface area contributed by atoms with E-state index in [1.54, 1.807) is 0 Å². The van der Waals surface area contributed by atoms with Crippen molar-refractivity contribution in [2.24, 2.45) is 0 Å². The minimum atomic E-state index is -0.228. The fourth-order valence-corrected chi connectivity index (χ4v) is 2.38. The van der Waals surface area contributed by atoms with Crippen molar-refractivity contribution in [2.45, 2.75) is 13.3 Å². The SMILES string of the molecule is COC(=O)Cc1sc(Br)nc1C. The van der Waals surface area contributed by atoms with Crippen molar-refractivity contribution in [1.82, 2.24) is 4.98 Å². The average Bonchev–Trinajstić information content (AvgIpc) is 2.30. The Balaban J connectivity index is 2.75. The van der Waals surface area contributed by atoms with Gasteiger partial charge in [-0.05, 0) is 22.9 Å². The molecular weight excluding hydrogens is 242 g/mol. The Bertz CT molecular complexity index is 298. The van der Waals surface area contributed by atoms with Gasteiger partial charge in [0.15, 0.2) is 3.92 Å². The highest BCUT2D eigenvalue weighted by Gasteiger charge is 2.10. The summed E-state index contributed by atoms with van der Waals surface area (Å²) in [5.41, 5.74) is 0.886. The van der Waals surface area contributed by atoms with Gasteiger partial charge in [-0.15, -0.1) is 11.3 Å². The first-order valence-corrected chi connectivity index (χ1v) is 4.93. The molecular formula is C7H8BrNO2S. The summed E-state index contributed by atoms with van der Waals surface area (Å²) < 4.78 is 5.35. The molecule has 0 bridgehead atoms. The van der Waals surface area contributed by atoms with E-state index in [-0.39, 0.29) is 5.97 Å². The Morgan fingerprint density at radius 3 is 2.83 bits per heavy atom. The zero-order valence-corrected chi connectivity index (χ0v) is 9.16. The summed E-state index contributed by atoms with van der Waals surface area (Å²) in [6.45, 7) is 1.87. The largest absolute Gasteiger partial charge is 0.469 e. The van der Waals surface area contributed by atoms with Gasteiger partial charge in [-0.3, -0.25) is 4.79 Å². The maximum Gasteiger partial charge on any atom is 0.310 e. The van der Waals surface area contributed by atoms with Gasteiger partial charge in [0.05, 0.1) is 19.2 Å². The quantitative estimate of drug-likeness (QED) is 0.753. The molecule has 0 saturated carbocycles. The Morgan fingerprint density at radius 1 is 1.75 bits per heavy atom. The molecule has 0 spiro atoms. The lowest BCUT2D eigenvalue weighted by Gasteiger charge is -1.95. The lowest BCUT2D eigenvalue weighted by molar-refractivity contribution is -0.139. The third-order valence-corrected chi connectivity index (χ3v) is 3.01. The molecule has 0 N–H and O–H groups in total. The van der Waals surface area contributed by atoms with Crippen LogP contribution in [0.4, 0.5) is 0 Å². The van der Waals surface area contributed by atoms with Crippen LogP contribution in [-0.4, -0.2) is 18.1 Å². The van der Waals surface area contributed by atoms with Crippen molar-refractivity contribution >= 4 is 33.2 Å². The van der Waals surface area contributed by atoms with Crippen LogP contribution in [0.25, 0.3) is 0 Å². The lowest BCUT2D eigenvalue weighted by Crippen LogP contribution is -2.03. The monoisotopic (exact) mass is 249 g/mol. The molecule has 0 unspecified atom stereocenters. The number of thiazole rings is 1. The van der Waals surface area contributed by atoms with Crippen LogP contribution in [0.2, 0.25) is 0 Å². The summed E-state index contributed by atoms with van der Waals surface area (Å²) in [6, 6.07) is 0. The van der Waals surface area contributed by atoms with Crippen molar-refractivity contribution in [3.63, 3.8) is 0 Å². The van der Waals surface area contributed by atoms with Crippen LogP contribution in [-0.2, 0) is 16.0 Å². The zero-order valence-electron chi connectivity index (χ0n) is 6.76. The molecule has 12 heavy (non-hydrogen) atoms. The fourth-order valence-electron chi connectivity index (χ4n) is 0.760. The van der Waals surface area contributed by atoms with E-state index < -0.39 is 0 Å². The fraction of sp³-hybridized carbons (Fsp3) is 0.429. The molecule has 5 heteroatoms. The predicted molar refractivity (Wildman–Crippen MR) is 50.3 cm³/mol. The smallest absolute Gasteiger partial charge is 0.310 e. The van der Waals surface area contributed by atoms with Gasteiger partial charge < -0.3 is 4.74 Å². The van der Waals surface area contributed by atoms with E-state index in [0.717, 1.165) is 14.5 Å². The molecule has 0 aliphatic heterocycles. The number of halogens is 1. The Hall–Kier alpha value is -0.420. The van der Waals surface area contributed by atoms with Crippen molar-refractivity contribution in [3.05, 3.63) is 14.5 Å². The molecule has 0 amide bonds. The normalized spacial score (nSPS) is 9.92. The van der Waals surface area contributed by atoms with Gasteiger partial charge in [0.2, 0.25) is 0 Å². The van der Waals surface area contributed by atoms with Crippen molar-refractivity contribution in [1.29, 1.82) is 0 Å². The minimum absolute atomic E-state index is 0.228. The number of aryl methyl sites for hydroxylation is 1. The zero-order chi connectivity index (χ0) is 9.14. The van der Waals surface area contributed by atoms with Crippen molar-refractivity contribution in [2.75, 3.05) is 7.11 Å². The molecule has 1 aromatic rings. The van der Waals surface area contributed by atoms with Gasteiger partial charge in [-0.25, -0.2) is 4.98 Å². The first kappa shape index (κ1) is 9.67. The van der Waals surface area contributed by atoms with E-state index in [0.29, 0.717) is 6.42 Å². The van der Waals surface area contributed by atoms with E-state index in [2.05, 4.69) is 25.7 Å². The predicted octanol–water partition coefficient (Wildman–Crippen LogP) is 1.93. The number of hydrogen-bond acceptors (Lipinski definition) is 4. The number of rotatable bonds is 2. The Kier molecular flexibility index (Phi) is 3.22. The minimum Gasteiger partial charge on any atom is -0.469 e. The number of carbonyl (C=O) groups excluding carboxylic acids is 1. The molecule has 3 nitrogen and oxygen atoms in total. The van der Waals surface area contributed by atoms with Gasteiger partial charge in [0.25, 0.3) is 0 Å². The number of methoxy groups -OCH3 is 1. The molecule has 0 aliphatic rings. The topological polar surface area (TPSA) is 39.2 Å². The first-order chi connectivity index (χ1) is 5.63. The number of ether oxygens (including phenoxy) is 1. The molecule has 1 heterocycles. The van der Waals surface area contributed by atoms with Gasteiger partial charge in [-0.2, -0.15) is 0 Å². The highest BCUT2D eigenvalue weighted by Crippen LogP contribution is 2.23. The second-order valence-electron chi connectivity index (χ2n) is 2.23. The third-order valence-electron chi connectivity index (χ3n) is 1.40. The van der Waals surface area contributed by atoms with Gasteiger partial charge >= 0.3 is 5.97 Å². The third kappa shape index (κ3) is 2.28. The van der Waals surface area contributed by atoms with Gasteiger partial charge in [-0.1, -0.05) is 0 Å². The molecule has 0 aromatic carbocycles. The van der Waals surface area contributed by atoms with Crippen LogP contribution in [0.15, 0.2) is 3.92 Å². The summed E-state index contributed by atoms with van der Waals surface area (Å²) in [5, 5.41) is 0. The van der Waals surface area contributed by atoms with E-state index in [1.807, 2.05) is 6.92 Å². The van der Waals surface area contributed by atoms with Gasteiger partial charge in [0, 0.05) is 4.88 Å². The molecule has 0 fully saturated rings. The molecule has 0 aliphatic carbocycles. The standard InChI is InChI=1S/C7H8BrNO2S/c1-4-5(3-6(10)11-2)12-7(8)9-4/h3H2,1-2H3. The lowest BCUT2D eigenvalue weighted by atomic mass is 10.3. The van der Waals surface area contributed by atoms with Crippen LogP contribution in [0.3, 0.4) is 0 Å². The van der Waals surface area contributed by atoms with Gasteiger partial charge in [0.1, 0.15) is 0 Å². The number of carbonyl (C=O) groups is 1. The number of hydrogen-bond donors (Lipinski definition) is 0. The van der Waals surface area contributed by atoms with Crippen LogP contribution < -0.4 is 0 Å². The van der Waals surface area contributed by atoms with Crippen molar-refractivity contribution in [3.8, 4) is 0 Å². The summed E-state index contributed by atoms with van der Waals surface area (Å²) in [7, 11) is 1.38. The Labute approximate surface area is 82.9 Å². The van der Waals surface area contributed by atoms with Crippen LogP contribution in [0.5, 0.6) is 0 Å². The molecule has 66 valence electrons. The Morgan fingerprint density at radius 2 is 2.42 bits per heavy atom. The summed E-state index contributed by atoms with van der Waals surface area (Å²) in [4.78, 5) is 16.0. The maximum atomic E-state index is 10.9. The second-order valence-corrected chi connectivity index (χ2v) is 4.59. The highest BCUT2D eigenvalue weighted by atomic mass is 79.9. The van der Waals surface area contributed by atoms with E-state index in [4.69, 9.17) is 0 Å². The summed E-state index contributed by atoms with van der Waals surface area (Å²) in [5.74, 6) is -0.228. The molecule has 1 aromatic heterocycles. The molecule has 0 saturated heterocycles. The number of esters is 1. The van der Waals surface area contributed by atoms with Crippen molar-refractivity contribution < 1.29 is 9.53 Å². The summed E-state index contributed by atoms with van der Waals surface area (Å²) >= 11 is 4.71. The molecule has 1 rings (SSSR count). The van der Waals surface area contributed by atoms with E-state index in [1.165, 1.54) is 18.4 Å². The number of nitrogens with zero attached hydrogens (tertiary/aromatic N) is 1. The molecule has 0 radical (unpaired) electrons. The number of aromatic nitrogens is 1.